The lowest BCUT2D eigenvalue weighted by Gasteiger charge is -2.00. The summed E-state index contributed by atoms with van der Waals surface area (Å²) < 4.78 is 2.65. The third-order valence-electron chi connectivity index (χ3n) is 2.19. The van der Waals surface area contributed by atoms with Gasteiger partial charge in [0.15, 0.2) is 5.69 Å². The van der Waals surface area contributed by atoms with Crippen molar-refractivity contribution < 1.29 is 9.90 Å². The van der Waals surface area contributed by atoms with E-state index < -0.39 is 5.97 Å². The van der Waals surface area contributed by atoms with Crippen LogP contribution in [0.4, 0.5) is 0 Å². The molecule has 0 atom stereocenters. The van der Waals surface area contributed by atoms with Crippen LogP contribution >= 0.6 is 15.9 Å². The van der Waals surface area contributed by atoms with Crippen LogP contribution in [-0.2, 0) is 6.42 Å². The molecule has 15 heavy (non-hydrogen) atoms. The van der Waals surface area contributed by atoms with Crippen LogP contribution in [0.25, 0.3) is 5.65 Å². The van der Waals surface area contributed by atoms with Gasteiger partial charge >= 0.3 is 5.97 Å². The first-order valence-electron chi connectivity index (χ1n) is 4.52. The summed E-state index contributed by atoms with van der Waals surface area (Å²) >= 11 is 3.37. The molecule has 1 N–H and O–H groups in total. The number of hydrogen-bond donors (Lipinski definition) is 1. The van der Waals surface area contributed by atoms with Gasteiger partial charge in [-0.3, -0.25) is 0 Å². The summed E-state index contributed by atoms with van der Waals surface area (Å²) in [6.07, 6.45) is 4.13. The molecule has 0 fully saturated rings. The van der Waals surface area contributed by atoms with E-state index >= 15 is 0 Å². The van der Waals surface area contributed by atoms with Crippen LogP contribution in [0.3, 0.4) is 0 Å². The minimum absolute atomic E-state index is 0.0720. The summed E-state index contributed by atoms with van der Waals surface area (Å²) in [5, 5.41) is 8.83. The number of nitrogens with zero attached hydrogens (tertiary/aromatic N) is 2. The quantitative estimate of drug-likeness (QED) is 0.910. The molecular weight excluding hydrogens is 260 g/mol. The number of pyridine rings is 1. The largest absolute Gasteiger partial charge is 0.476 e. The summed E-state index contributed by atoms with van der Waals surface area (Å²) in [5.74, 6) is -1.00. The van der Waals surface area contributed by atoms with Crippen molar-refractivity contribution in [3.05, 3.63) is 34.2 Å². The Hall–Kier alpha value is -1.36. The Morgan fingerprint density at radius 3 is 2.93 bits per heavy atom. The molecular formula is C10H9BrN2O2. The molecule has 0 aromatic carbocycles. The summed E-state index contributed by atoms with van der Waals surface area (Å²) in [6, 6.07) is 1.95. The maximum absolute atomic E-state index is 10.8. The van der Waals surface area contributed by atoms with Crippen LogP contribution in [0, 0.1) is 0 Å². The van der Waals surface area contributed by atoms with Gasteiger partial charge in [-0.05, 0) is 34.0 Å². The van der Waals surface area contributed by atoms with Gasteiger partial charge in [0.05, 0.1) is 0 Å². The minimum Gasteiger partial charge on any atom is -0.476 e. The van der Waals surface area contributed by atoms with Crippen molar-refractivity contribution in [3.63, 3.8) is 0 Å². The number of rotatable bonds is 2. The third-order valence-corrected chi connectivity index (χ3v) is 2.63. The molecule has 2 aromatic heterocycles. The first kappa shape index (κ1) is 10.2. The van der Waals surface area contributed by atoms with Gasteiger partial charge in [-0.25, -0.2) is 9.78 Å². The van der Waals surface area contributed by atoms with Crippen molar-refractivity contribution in [2.24, 2.45) is 0 Å². The predicted octanol–water partition coefficient (Wildman–Crippen LogP) is 2.36. The van der Waals surface area contributed by atoms with Crippen LogP contribution < -0.4 is 0 Å². The number of aryl methyl sites for hydroxylation is 1. The second kappa shape index (κ2) is 3.66. The molecule has 78 valence electrons. The Labute approximate surface area is 94.7 Å². The van der Waals surface area contributed by atoms with Crippen LogP contribution in [0.15, 0.2) is 22.9 Å². The third kappa shape index (κ3) is 1.74. The maximum atomic E-state index is 10.8. The van der Waals surface area contributed by atoms with E-state index in [0.717, 1.165) is 16.5 Å². The van der Waals surface area contributed by atoms with Crippen molar-refractivity contribution >= 4 is 27.5 Å². The number of carboxylic acid groups (broad SMARTS) is 1. The molecule has 5 heteroatoms. The number of halogens is 1. The van der Waals surface area contributed by atoms with E-state index in [9.17, 15) is 4.79 Å². The fourth-order valence-electron chi connectivity index (χ4n) is 1.49. The minimum atomic E-state index is -1.00. The first-order valence-corrected chi connectivity index (χ1v) is 5.31. The Morgan fingerprint density at radius 1 is 1.60 bits per heavy atom. The number of imidazole rings is 1. The maximum Gasteiger partial charge on any atom is 0.356 e. The summed E-state index contributed by atoms with van der Waals surface area (Å²) in [6.45, 7) is 2.01. The number of aromatic carboxylic acids is 1. The monoisotopic (exact) mass is 268 g/mol. The van der Waals surface area contributed by atoms with Crippen molar-refractivity contribution in [2.75, 3.05) is 0 Å². The second-order valence-electron chi connectivity index (χ2n) is 3.20. The Morgan fingerprint density at radius 2 is 2.33 bits per heavy atom. The Balaban J connectivity index is 2.74. The van der Waals surface area contributed by atoms with Gasteiger partial charge in [-0.1, -0.05) is 6.92 Å². The van der Waals surface area contributed by atoms with E-state index in [1.54, 1.807) is 10.6 Å². The molecule has 0 aliphatic carbocycles. The molecule has 2 heterocycles. The normalized spacial score (nSPS) is 10.8. The van der Waals surface area contributed by atoms with Crippen LogP contribution in [-0.4, -0.2) is 20.5 Å². The number of carbonyl (C=O) groups is 1. The molecule has 2 rings (SSSR count). The number of carboxylic acids is 1. The molecule has 0 unspecified atom stereocenters. The van der Waals surface area contributed by atoms with Crippen LogP contribution in [0.5, 0.6) is 0 Å². The highest BCUT2D eigenvalue weighted by Gasteiger charge is 2.11. The zero-order valence-corrected chi connectivity index (χ0v) is 9.65. The Bertz CT molecular complexity index is 533. The van der Waals surface area contributed by atoms with E-state index in [4.69, 9.17) is 5.11 Å². The lowest BCUT2D eigenvalue weighted by molar-refractivity contribution is 0.0691. The predicted molar refractivity (Wildman–Crippen MR) is 59.2 cm³/mol. The topological polar surface area (TPSA) is 54.6 Å². The van der Waals surface area contributed by atoms with Crippen molar-refractivity contribution in [1.29, 1.82) is 0 Å². The highest BCUT2D eigenvalue weighted by atomic mass is 79.9. The molecule has 0 aliphatic rings. The Kier molecular flexibility index (Phi) is 2.48. The molecule has 0 spiro atoms. The fourth-order valence-corrected chi connectivity index (χ4v) is 1.99. The zero-order valence-electron chi connectivity index (χ0n) is 8.07. The van der Waals surface area contributed by atoms with E-state index in [0.29, 0.717) is 5.65 Å². The van der Waals surface area contributed by atoms with Crippen LogP contribution in [0.2, 0.25) is 0 Å². The average molecular weight is 269 g/mol. The lowest BCUT2D eigenvalue weighted by atomic mass is 10.2. The van der Waals surface area contributed by atoms with E-state index in [1.165, 1.54) is 6.20 Å². The summed E-state index contributed by atoms with van der Waals surface area (Å²) in [4.78, 5) is 14.8. The SMILES string of the molecule is CCc1cc(Br)cn2cc(C(=O)O)nc12. The lowest BCUT2D eigenvalue weighted by Crippen LogP contribution is -1.95. The highest BCUT2D eigenvalue weighted by Crippen LogP contribution is 2.18. The van der Waals surface area contributed by atoms with Gasteiger partial charge in [-0.15, -0.1) is 0 Å². The van der Waals surface area contributed by atoms with E-state index in [2.05, 4.69) is 20.9 Å². The van der Waals surface area contributed by atoms with Gasteiger partial charge < -0.3 is 9.51 Å². The molecule has 0 amide bonds. The van der Waals surface area contributed by atoms with Gasteiger partial charge in [0, 0.05) is 16.9 Å². The van der Waals surface area contributed by atoms with Crippen molar-refractivity contribution in [3.8, 4) is 0 Å². The molecule has 0 radical (unpaired) electrons. The van der Waals surface area contributed by atoms with Gasteiger partial charge in [-0.2, -0.15) is 0 Å². The van der Waals surface area contributed by atoms with Crippen LogP contribution in [0.1, 0.15) is 23.0 Å². The highest BCUT2D eigenvalue weighted by molar-refractivity contribution is 9.10. The van der Waals surface area contributed by atoms with Gasteiger partial charge in [0.25, 0.3) is 0 Å². The number of fused-ring (bicyclic) bond motifs is 1. The molecule has 0 saturated carbocycles. The number of hydrogen-bond acceptors (Lipinski definition) is 2. The summed E-state index contributed by atoms with van der Waals surface area (Å²) in [5.41, 5.74) is 1.80. The number of aromatic nitrogens is 2. The van der Waals surface area contributed by atoms with E-state index in [-0.39, 0.29) is 5.69 Å². The van der Waals surface area contributed by atoms with E-state index in [1.807, 2.05) is 13.0 Å². The first-order chi connectivity index (χ1) is 7.11. The molecule has 2 aromatic rings. The smallest absolute Gasteiger partial charge is 0.356 e. The molecule has 0 aliphatic heterocycles. The summed E-state index contributed by atoms with van der Waals surface area (Å²) in [7, 11) is 0. The second-order valence-corrected chi connectivity index (χ2v) is 4.11. The van der Waals surface area contributed by atoms with Gasteiger partial charge in [0.2, 0.25) is 0 Å². The average Bonchev–Trinajstić information content (AvgIpc) is 2.59. The fraction of sp³-hybridized carbons (Fsp3) is 0.200. The molecule has 0 saturated heterocycles. The molecule has 0 bridgehead atoms. The standard InChI is InChI=1S/C10H9BrN2O2/c1-2-6-3-7(11)4-13-5-8(10(14)15)12-9(6)13/h3-5H,2H2,1H3,(H,14,15). The van der Waals surface area contributed by atoms with Gasteiger partial charge in [0.1, 0.15) is 5.65 Å². The zero-order chi connectivity index (χ0) is 11.0. The van der Waals surface area contributed by atoms with Crippen molar-refractivity contribution in [2.45, 2.75) is 13.3 Å². The van der Waals surface area contributed by atoms with Crippen molar-refractivity contribution in [1.82, 2.24) is 9.38 Å². The molecule has 4 nitrogen and oxygen atoms in total.